The highest BCUT2D eigenvalue weighted by atomic mass is 15.1. The van der Waals surface area contributed by atoms with E-state index < -0.39 is 0 Å². The topological polar surface area (TPSA) is 41.3 Å². The summed E-state index contributed by atoms with van der Waals surface area (Å²) in [5.74, 6) is 0.748. The molecule has 0 aromatic carbocycles. The summed E-state index contributed by atoms with van der Waals surface area (Å²) in [6, 6.07) is 1.04. The van der Waals surface area contributed by atoms with Crippen molar-refractivity contribution < 1.29 is 0 Å². The zero-order chi connectivity index (χ0) is 11.1. The highest BCUT2D eigenvalue weighted by molar-refractivity contribution is 4.73. The molecule has 0 aromatic heterocycles. The van der Waals surface area contributed by atoms with Crippen LogP contribution in [0.5, 0.6) is 0 Å². The van der Waals surface area contributed by atoms with Crippen molar-refractivity contribution in [1.29, 1.82) is 0 Å². The molecular weight excluding hydrogens is 174 g/mol. The van der Waals surface area contributed by atoms with Gasteiger partial charge in [0.05, 0.1) is 0 Å². The van der Waals surface area contributed by atoms with E-state index in [1.807, 2.05) is 0 Å². The molecule has 0 heterocycles. The lowest BCUT2D eigenvalue weighted by molar-refractivity contribution is 0.242. The highest BCUT2D eigenvalue weighted by Gasteiger charge is 2.13. The van der Waals surface area contributed by atoms with Crippen molar-refractivity contribution >= 4 is 0 Å². The lowest BCUT2D eigenvalue weighted by Gasteiger charge is -2.27. The SMILES string of the molecule is CC(C)CC(CNC(C)CN)N(C)C. The Morgan fingerprint density at radius 3 is 2.14 bits per heavy atom. The Bertz CT molecular complexity index is 134. The van der Waals surface area contributed by atoms with E-state index in [0.717, 1.165) is 12.5 Å². The first-order chi connectivity index (χ1) is 6.47. The van der Waals surface area contributed by atoms with Crippen LogP contribution in [0.3, 0.4) is 0 Å². The predicted octanol–water partition coefficient (Wildman–Crippen LogP) is 0.900. The largest absolute Gasteiger partial charge is 0.329 e. The number of hydrogen-bond donors (Lipinski definition) is 2. The van der Waals surface area contributed by atoms with Gasteiger partial charge in [0, 0.05) is 25.2 Å². The number of nitrogens with one attached hydrogen (secondary N) is 1. The minimum absolute atomic E-state index is 0.421. The molecule has 3 heteroatoms. The lowest BCUT2D eigenvalue weighted by atomic mass is 10.0. The van der Waals surface area contributed by atoms with Gasteiger partial charge in [-0.15, -0.1) is 0 Å². The van der Waals surface area contributed by atoms with Gasteiger partial charge in [-0.05, 0) is 33.4 Å². The van der Waals surface area contributed by atoms with Crippen LogP contribution < -0.4 is 11.1 Å². The van der Waals surface area contributed by atoms with Crippen LogP contribution in [0.2, 0.25) is 0 Å². The molecule has 0 aliphatic carbocycles. The summed E-state index contributed by atoms with van der Waals surface area (Å²) in [7, 11) is 4.28. The smallest absolute Gasteiger partial charge is 0.0217 e. The highest BCUT2D eigenvalue weighted by Crippen LogP contribution is 2.08. The van der Waals surface area contributed by atoms with E-state index >= 15 is 0 Å². The zero-order valence-electron chi connectivity index (χ0n) is 10.4. The molecule has 0 rings (SSSR count). The van der Waals surface area contributed by atoms with Crippen LogP contribution in [-0.2, 0) is 0 Å². The van der Waals surface area contributed by atoms with Crippen LogP contribution in [0.4, 0.5) is 0 Å². The summed E-state index contributed by atoms with van der Waals surface area (Å²) in [6.45, 7) is 8.40. The molecule has 0 aliphatic rings. The standard InChI is InChI=1S/C11H27N3/c1-9(2)6-11(14(4)5)8-13-10(3)7-12/h9-11,13H,6-8,12H2,1-5H3. The van der Waals surface area contributed by atoms with Crippen molar-refractivity contribution in [3.05, 3.63) is 0 Å². The molecule has 0 aromatic rings. The van der Waals surface area contributed by atoms with Gasteiger partial charge >= 0.3 is 0 Å². The molecule has 2 unspecified atom stereocenters. The first-order valence-corrected chi connectivity index (χ1v) is 5.57. The average Bonchev–Trinajstić information content (AvgIpc) is 2.10. The maximum atomic E-state index is 5.56. The minimum Gasteiger partial charge on any atom is -0.329 e. The van der Waals surface area contributed by atoms with Crippen LogP contribution in [0.25, 0.3) is 0 Å². The van der Waals surface area contributed by atoms with E-state index in [0.29, 0.717) is 18.6 Å². The third-order valence-electron chi connectivity index (χ3n) is 2.53. The van der Waals surface area contributed by atoms with Crippen molar-refractivity contribution in [2.45, 2.75) is 39.3 Å². The molecule has 2 atom stereocenters. The molecule has 0 saturated heterocycles. The first-order valence-electron chi connectivity index (χ1n) is 5.57. The molecule has 3 nitrogen and oxygen atoms in total. The Hall–Kier alpha value is -0.120. The van der Waals surface area contributed by atoms with E-state index in [2.05, 4.69) is 45.1 Å². The first kappa shape index (κ1) is 13.9. The van der Waals surface area contributed by atoms with Crippen molar-refractivity contribution in [3.8, 4) is 0 Å². The van der Waals surface area contributed by atoms with E-state index in [9.17, 15) is 0 Å². The lowest BCUT2D eigenvalue weighted by Crippen LogP contribution is -2.43. The third-order valence-corrected chi connectivity index (χ3v) is 2.53. The molecule has 0 spiro atoms. The van der Waals surface area contributed by atoms with Gasteiger partial charge in [-0.1, -0.05) is 13.8 Å². The van der Waals surface area contributed by atoms with Gasteiger partial charge in [0.15, 0.2) is 0 Å². The summed E-state index contributed by atoms with van der Waals surface area (Å²) in [5.41, 5.74) is 5.56. The predicted molar refractivity (Wildman–Crippen MR) is 63.4 cm³/mol. The maximum absolute atomic E-state index is 5.56. The summed E-state index contributed by atoms with van der Waals surface area (Å²) in [6.07, 6.45) is 1.23. The van der Waals surface area contributed by atoms with E-state index in [4.69, 9.17) is 5.73 Å². The molecule has 0 fully saturated rings. The van der Waals surface area contributed by atoms with Gasteiger partial charge in [0.25, 0.3) is 0 Å². The van der Waals surface area contributed by atoms with E-state index in [1.54, 1.807) is 0 Å². The van der Waals surface area contributed by atoms with Gasteiger partial charge in [-0.2, -0.15) is 0 Å². The van der Waals surface area contributed by atoms with E-state index in [1.165, 1.54) is 6.42 Å². The molecule has 0 radical (unpaired) electrons. The zero-order valence-corrected chi connectivity index (χ0v) is 10.4. The summed E-state index contributed by atoms with van der Waals surface area (Å²) >= 11 is 0. The molecule has 14 heavy (non-hydrogen) atoms. The number of rotatable bonds is 7. The van der Waals surface area contributed by atoms with Gasteiger partial charge in [0.2, 0.25) is 0 Å². The van der Waals surface area contributed by atoms with Gasteiger partial charge < -0.3 is 16.0 Å². The summed E-state index contributed by atoms with van der Waals surface area (Å²) in [4.78, 5) is 2.29. The van der Waals surface area contributed by atoms with Crippen LogP contribution >= 0.6 is 0 Å². The van der Waals surface area contributed by atoms with Crippen molar-refractivity contribution in [1.82, 2.24) is 10.2 Å². The molecular formula is C11H27N3. The molecule has 0 saturated carbocycles. The normalized spacial score (nSPS) is 16.3. The molecule has 0 bridgehead atoms. The van der Waals surface area contributed by atoms with Crippen molar-refractivity contribution in [2.75, 3.05) is 27.2 Å². The second kappa shape index (κ2) is 7.21. The average molecular weight is 201 g/mol. The summed E-state index contributed by atoms with van der Waals surface area (Å²) in [5, 5.41) is 3.45. The van der Waals surface area contributed by atoms with Crippen LogP contribution in [0, 0.1) is 5.92 Å². The van der Waals surface area contributed by atoms with Gasteiger partial charge in [-0.25, -0.2) is 0 Å². The van der Waals surface area contributed by atoms with Crippen molar-refractivity contribution in [2.24, 2.45) is 11.7 Å². The fourth-order valence-corrected chi connectivity index (χ4v) is 1.44. The van der Waals surface area contributed by atoms with E-state index in [-0.39, 0.29) is 0 Å². The molecule has 86 valence electrons. The van der Waals surface area contributed by atoms with Crippen LogP contribution in [0.15, 0.2) is 0 Å². The Morgan fingerprint density at radius 1 is 1.21 bits per heavy atom. The Kier molecular flexibility index (Phi) is 7.15. The molecule has 0 amide bonds. The quantitative estimate of drug-likeness (QED) is 0.643. The molecule has 3 N–H and O–H groups in total. The second-order valence-electron chi connectivity index (χ2n) is 4.79. The minimum atomic E-state index is 0.421. The fraction of sp³-hybridized carbons (Fsp3) is 1.00. The maximum Gasteiger partial charge on any atom is 0.0217 e. The Labute approximate surface area is 89.0 Å². The number of likely N-dealkylation sites (N-methyl/N-ethyl adjacent to an activating group) is 1. The monoisotopic (exact) mass is 201 g/mol. The Morgan fingerprint density at radius 2 is 1.79 bits per heavy atom. The van der Waals surface area contributed by atoms with Crippen LogP contribution in [-0.4, -0.2) is 44.2 Å². The summed E-state index contributed by atoms with van der Waals surface area (Å²) < 4.78 is 0. The third kappa shape index (κ3) is 6.35. The number of nitrogens with two attached hydrogens (primary N) is 1. The van der Waals surface area contributed by atoms with Gasteiger partial charge in [0.1, 0.15) is 0 Å². The molecule has 0 aliphatic heterocycles. The number of nitrogens with zero attached hydrogens (tertiary/aromatic N) is 1. The second-order valence-corrected chi connectivity index (χ2v) is 4.79. The van der Waals surface area contributed by atoms with Crippen LogP contribution in [0.1, 0.15) is 27.2 Å². The fourth-order valence-electron chi connectivity index (χ4n) is 1.44. The van der Waals surface area contributed by atoms with Gasteiger partial charge in [-0.3, -0.25) is 0 Å². The van der Waals surface area contributed by atoms with Crippen molar-refractivity contribution in [3.63, 3.8) is 0 Å². The Balaban J connectivity index is 3.85. The number of hydrogen-bond acceptors (Lipinski definition) is 3.